The molecule has 0 radical (unpaired) electrons. The molecule has 2 amide bonds. The van der Waals surface area contributed by atoms with E-state index in [2.05, 4.69) is 81.6 Å². The predicted octanol–water partition coefficient (Wildman–Crippen LogP) is 15.7. The van der Waals surface area contributed by atoms with E-state index in [1.165, 1.54) is 0 Å². The number of H-pyrrole nitrogens is 2. The van der Waals surface area contributed by atoms with Crippen LogP contribution in [0.2, 0.25) is 0 Å². The monoisotopic (exact) mass is 1280 g/mol. The summed E-state index contributed by atoms with van der Waals surface area (Å²) in [6.07, 6.45) is 0. The molecule has 3 aliphatic rings. The van der Waals surface area contributed by atoms with E-state index < -0.39 is 9.84 Å². The van der Waals surface area contributed by atoms with Crippen LogP contribution >= 0.6 is 47.0 Å². The third-order valence-electron chi connectivity index (χ3n) is 16.3. The summed E-state index contributed by atoms with van der Waals surface area (Å²) in [7, 11) is -3.04. The van der Waals surface area contributed by atoms with Gasteiger partial charge in [0.25, 0.3) is 11.8 Å². The average molecular weight is 1280 g/mol. The number of rotatable bonds is 15. The second-order valence-electron chi connectivity index (χ2n) is 21.7. The van der Waals surface area contributed by atoms with E-state index in [1.54, 1.807) is 47.0 Å². The van der Waals surface area contributed by atoms with Crippen molar-refractivity contribution in [1.82, 2.24) is 49.7 Å². The summed E-state index contributed by atoms with van der Waals surface area (Å²) in [5.41, 5.74) is 7.60. The first kappa shape index (κ1) is 58.9. The first-order valence-corrected chi connectivity index (χ1v) is 35.0. The molecule has 1 fully saturated rings. The van der Waals surface area contributed by atoms with Crippen LogP contribution in [0.25, 0.3) is 89.7 Å². The van der Waals surface area contributed by atoms with Gasteiger partial charge in [0.05, 0.1) is 11.5 Å². The number of carbonyl (C=O) groups excluding carboxylic acids is 2. The molecule has 448 valence electrons. The number of carbonyl (C=O) groups is 2. The minimum atomic E-state index is -3.04. The van der Waals surface area contributed by atoms with Crippen molar-refractivity contribution in [1.29, 1.82) is 0 Å². The molecule has 0 atom stereocenters. The van der Waals surface area contributed by atoms with Crippen molar-refractivity contribution in [2.45, 2.75) is 66.9 Å². The number of hydrogen-bond acceptors (Lipinski definition) is 15. The van der Waals surface area contributed by atoms with E-state index in [0.717, 1.165) is 88.6 Å². The van der Waals surface area contributed by atoms with E-state index in [4.69, 9.17) is 29.9 Å². The number of sulfone groups is 1. The van der Waals surface area contributed by atoms with Crippen molar-refractivity contribution in [2.24, 2.45) is 0 Å². The van der Waals surface area contributed by atoms with Crippen LogP contribution in [0, 0.1) is 0 Å². The third kappa shape index (κ3) is 11.5. The zero-order chi connectivity index (χ0) is 61.6. The maximum atomic E-state index is 13.4. The predicted molar refractivity (Wildman–Crippen MR) is 364 cm³/mol. The van der Waals surface area contributed by atoms with E-state index in [1.807, 2.05) is 147 Å². The maximum Gasteiger partial charge on any atom is 0.253 e. The molecule has 3 aliphatic heterocycles. The minimum absolute atomic E-state index is 0.00656. The van der Waals surface area contributed by atoms with Crippen LogP contribution in [0.1, 0.15) is 48.4 Å². The van der Waals surface area contributed by atoms with Crippen LogP contribution in [-0.2, 0) is 9.84 Å². The molecule has 0 unspecified atom stereocenters. The fraction of sp³-hybridized carbons (Fsp3) is 0.171. The largest absolute Gasteiger partial charge is 0.369 e. The van der Waals surface area contributed by atoms with Gasteiger partial charge in [0.1, 0.15) is 22.6 Å². The van der Waals surface area contributed by atoms with Crippen LogP contribution < -0.4 is 4.90 Å². The molecule has 8 aromatic carbocycles. The highest BCUT2D eigenvalue weighted by Gasteiger charge is 2.29. The molecule has 8 bridgehead atoms. The van der Waals surface area contributed by atoms with Crippen molar-refractivity contribution < 1.29 is 18.0 Å². The number of fused-ring (bicyclic) bond motifs is 20. The van der Waals surface area contributed by atoms with Gasteiger partial charge in [-0.05, 0) is 137 Å². The Kier molecular flexibility index (Phi) is 16.3. The molecule has 2 N–H and O–H groups in total. The van der Waals surface area contributed by atoms with Crippen LogP contribution in [0.4, 0.5) is 5.69 Å². The number of amides is 2. The Balaban J connectivity index is 0.991. The highest BCUT2D eigenvalue weighted by molar-refractivity contribution is 8.00. The number of benzene rings is 8. The van der Waals surface area contributed by atoms with Crippen LogP contribution in [0.5, 0.6) is 0 Å². The SMILES string of the molecule is CCN(CC)C(=O)c1ccc(Sc2cccc3c2-c2nc-3nc3[nH]c(nc4nc(nc5[nH]c(n2)c2cccc(Sc6ccccc6)c52)-c2cccc(Sc5ccc(N6CCS(=O)(=O)CC6)cc5)c2-4)c2cccc(Sc4ccc(C(=O)N(CC)CC)cc4)c32)cc1. The van der Waals surface area contributed by atoms with Gasteiger partial charge in [0.2, 0.25) is 0 Å². The molecular formula is C70H59N11O4S5. The van der Waals surface area contributed by atoms with Gasteiger partial charge in [-0.2, -0.15) is 0 Å². The molecule has 1 saturated heterocycles. The fourth-order valence-electron chi connectivity index (χ4n) is 11.6. The summed E-state index contributed by atoms with van der Waals surface area (Å²) in [5.74, 6) is 2.08. The Morgan fingerprint density at radius 3 is 1.23 bits per heavy atom. The molecule has 3 aromatic heterocycles. The highest BCUT2D eigenvalue weighted by atomic mass is 32.2. The van der Waals surface area contributed by atoms with E-state index in [0.29, 0.717) is 96.3 Å². The molecule has 90 heavy (non-hydrogen) atoms. The average Bonchev–Trinajstić information content (AvgIpc) is 1.65. The van der Waals surface area contributed by atoms with Crippen molar-refractivity contribution in [3.8, 4) is 45.6 Å². The molecule has 14 rings (SSSR count). The van der Waals surface area contributed by atoms with Crippen molar-refractivity contribution in [3.63, 3.8) is 0 Å². The Morgan fingerprint density at radius 1 is 0.422 bits per heavy atom. The van der Waals surface area contributed by atoms with Gasteiger partial charge in [0, 0.05) is 139 Å². The lowest BCUT2D eigenvalue weighted by atomic mass is 10.1. The van der Waals surface area contributed by atoms with Gasteiger partial charge in [-0.3, -0.25) is 9.59 Å². The summed E-state index contributed by atoms with van der Waals surface area (Å²) >= 11 is 6.39. The summed E-state index contributed by atoms with van der Waals surface area (Å²) < 4.78 is 24.6. The van der Waals surface area contributed by atoms with Gasteiger partial charge in [-0.15, -0.1) is 0 Å². The van der Waals surface area contributed by atoms with Crippen molar-refractivity contribution in [3.05, 3.63) is 187 Å². The van der Waals surface area contributed by atoms with Crippen molar-refractivity contribution >= 4 is 119 Å². The lowest BCUT2D eigenvalue weighted by Gasteiger charge is -2.28. The number of nitrogens with zero attached hydrogens (tertiary/aromatic N) is 9. The number of aromatic amines is 2. The van der Waals surface area contributed by atoms with E-state index in [-0.39, 0.29) is 23.3 Å². The number of aromatic nitrogens is 8. The summed E-state index contributed by atoms with van der Waals surface area (Å²) in [6, 6.07) is 58.7. The third-order valence-corrected chi connectivity index (χ3v) is 22.2. The maximum absolute atomic E-state index is 13.4. The Bertz CT molecular complexity index is 4910. The Morgan fingerprint density at radius 2 is 0.800 bits per heavy atom. The molecule has 0 aliphatic carbocycles. The quantitative estimate of drug-likeness (QED) is 0.0986. The standard InChI is InChI=1S/C70H59N11O4S5/c1-5-79(6-2)69(82)42-26-32-46(33-27-42)87-54-23-13-19-50-58(54)66-73-61-49-18-12-22-53(86-45-16-10-9-11-17-45)57(49)65(71-61)72-64-52-21-15-25-56(89-48-36-30-44(31-37-48)81-38-40-90(84,85)41-39-81)60(52)68(78-64)77-63-51-20-14-24-55(59(51)67(76-63)75-62(50)74-66)88-47-34-28-43(29-35-47)70(83)80(7-3)8-4/h9-37H,5-8,38-41H2,1-4H3,(H2,71,72,73,74,75,76,77,78). The number of hydrogen-bond donors (Lipinski definition) is 2. The normalized spacial score (nSPS) is 13.3. The van der Waals surface area contributed by atoms with Gasteiger partial charge < -0.3 is 24.7 Å². The van der Waals surface area contributed by atoms with Crippen LogP contribution in [-0.4, -0.2) is 121 Å². The first-order valence-electron chi connectivity index (χ1n) is 29.9. The zero-order valence-corrected chi connectivity index (χ0v) is 53.7. The summed E-state index contributed by atoms with van der Waals surface area (Å²) in [4.78, 5) is 80.5. The smallest absolute Gasteiger partial charge is 0.253 e. The molecule has 0 spiro atoms. The van der Waals surface area contributed by atoms with Gasteiger partial charge in [-0.25, -0.2) is 38.3 Å². The Hall–Kier alpha value is -8.79. The van der Waals surface area contributed by atoms with E-state index in [9.17, 15) is 18.0 Å². The highest BCUT2D eigenvalue weighted by Crippen LogP contribution is 2.47. The minimum Gasteiger partial charge on any atom is -0.369 e. The second kappa shape index (κ2) is 24.9. The topological polar surface area (TPSA) is 187 Å². The number of nitrogens with one attached hydrogen (secondary N) is 2. The van der Waals surface area contributed by atoms with E-state index >= 15 is 0 Å². The van der Waals surface area contributed by atoms with Gasteiger partial charge in [0.15, 0.2) is 33.1 Å². The van der Waals surface area contributed by atoms with Gasteiger partial charge in [-0.1, -0.05) is 114 Å². The molecule has 0 saturated carbocycles. The fourth-order valence-corrected chi connectivity index (χ4v) is 16.7. The Labute approximate surface area is 537 Å². The summed E-state index contributed by atoms with van der Waals surface area (Å²) in [5, 5.41) is 3.33. The lowest BCUT2D eigenvalue weighted by molar-refractivity contribution is 0.0765. The first-order chi connectivity index (χ1) is 43.9. The molecule has 11 aromatic rings. The molecule has 15 nitrogen and oxygen atoms in total. The molecule has 20 heteroatoms. The van der Waals surface area contributed by atoms with Gasteiger partial charge >= 0.3 is 0 Å². The summed E-state index contributed by atoms with van der Waals surface area (Å²) in [6.45, 7) is 11.4. The van der Waals surface area contributed by atoms with Crippen LogP contribution in [0.3, 0.4) is 0 Å². The molecule has 6 heterocycles. The lowest BCUT2D eigenvalue weighted by Crippen LogP contribution is -2.40. The zero-order valence-electron chi connectivity index (χ0n) is 49.6. The number of anilines is 1. The van der Waals surface area contributed by atoms with Crippen molar-refractivity contribution in [2.75, 3.05) is 55.7 Å². The second-order valence-corrected chi connectivity index (χ2v) is 28.4. The van der Waals surface area contributed by atoms with Crippen LogP contribution in [0.15, 0.2) is 215 Å². The molecular weight excluding hydrogens is 1220 g/mol.